The summed E-state index contributed by atoms with van der Waals surface area (Å²) < 4.78 is 6.52. The fraction of sp³-hybridized carbons (Fsp3) is 0.238. The summed E-state index contributed by atoms with van der Waals surface area (Å²) in [7, 11) is 1.38. The molecule has 0 aliphatic carbocycles. The fourth-order valence-corrected chi connectivity index (χ4v) is 3.12. The van der Waals surface area contributed by atoms with E-state index < -0.39 is 0 Å². The van der Waals surface area contributed by atoms with Crippen LogP contribution in [-0.4, -0.2) is 33.8 Å². The zero-order valence-corrected chi connectivity index (χ0v) is 17.2. The Morgan fingerprint density at radius 1 is 1.14 bits per heavy atom. The van der Waals surface area contributed by atoms with Gasteiger partial charge in [-0.1, -0.05) is 11.6 Å². The van der Waals surface area contributed by atoms with Crippen LogP contribution >= 0.6 is 11.6 Å². The normalized spacial score (nSPS) is 10.6. The second-order valence-corrected chi connectivity index (χ2v) is 6.94. The molecule has 0 spiro atoms. The van der Waals surface area contributed by atoms with Crippen molar-refractivity contribution in [1.29, 1.82) is 0 Å². The van der Waals surface area contributed by atoms with Crippen molar-refractivity contribution in [3.63, 3.8) is 0 Å². The summed E-state index contributed by atoms with van der Waals surface area (Å²) in [4.78, 5) is 27.9. The molecule has 29 heavy (non-hydrogen) atoms. The number of aromatic nitrogens is 3. The molecule has 0 saturated heterocycles. The zero-order chi connectivity index (χ0) is 21.0. The second-order valence-electron chi connectivity index (χ2n) is 6.50. The third-order valence-electron chi connectivity index (χ3n) is 4.59. The zero-order valence-electron chi connectivity index (χ0n) is 16.4. The van der Waals surface area contributed by atoms with Crippen LogP contribution in [-0.2, 0) is 16.0 Å². The summed E-state index contributed by atoms with van der Waals surface area (Å²) in [6, 6.07) is 10.4. The number of halogens is 1. The lowest BCUT2D eigenvalue weighted by Gasteiger charge is -2.08. The number of carbonyl (C=O) groups is 2. The first-order chi connectivity index (χ1) is 13.9. The Balaban J connectivity index is 1.75. The predicted octanol–water partition coefficient (Wildman–Crippen LogP) is 3.90. The maximum absolute atomic E-state index is 12.4. The number of ether oxygens (including phenoxy) is 1. The van der Waals surface area contributed by atoms with Crippen LogP contribution in [0.3, 0.4) is 0 Å². The van der Waals surface area contributed by atoms with E-state index in [2.05, 4.69) is 15.4 Å². The van der Waals surface area contributed by atoms with Gasteiger partial charge in [0.25, 0.3) is 5.91 Å². The smallest absolute Gasteiger partial charge is 0.305 e. The number of hydrogen-bond donors (Lipinski definition) is 1. The molecule has 0 unspecified atom stereocenters. The van der Waals surface area contributed by atoms with E-state index >= 15 is 0 Å². The summed E-state index contributed by atoms with van der Waals surface area (Å²) in [5, 5.41) is 7.81. The Morgan fingerprint density at radius 3 is 2.48 bits per heavy atom. The van der Waals surface area contributed by atoms with Crippen LogP contribution < -0.4 is 5.32 Å². The van der Waals surface area contributed by atoms with E-state index in [-0.39, 0.29) is 11.9 Å². The first-order valence-corrected chi connectivity index (χ1v) is 9.42. The predicted molar refractivity (Wildman–Crippen MR) is 111 cm³/mol. The van der Waals surface area contributed by atoms with E-state index in [0.29, 0.717) is 29.2 Å². The third kappa shape index (κ3) is 4.81. The molecule has 1 N–H and O–H groups in total. The van der Waals surface area contributed by atoms with Gasteiger partial charge in [-0.05, 0) is 62.2 Å². The quantitative estimate of drug-likeness (QED) is 0.620. The van der Waals surface area contributed by atoms with Crippen molar-refractivity contribution >= 4 is 29.3 Å². The molecule has 150 valence electrons. The van der Waals surface area contributed by atoms with Crippen molar-refractivity contribution in [3.8, 4) is 5.69 Å². The molecule has 3 aromatic rings. The minimum atomic E-state index is -0.265. The van der Waals surface area contributed by atoms with Gasteiger partial charge in [0.2, 0.25) is 0 Å². The van der Waals surface area contributed by atoms with E-state index in [1.165, 1.54) is 13.3 Å². The maximum atomic E-state index is 12.4. The van der Waals surface area contributed by atoms with Crippen LogP contribution in [0.2, 0.25) is 5.02 Å². The Morgan fingerprint density at radius 2 is 1.86 bits per heavy atom. The van der Waals surface area contributed by atoms with Gasteiger partial charge in [-0.25, -0.2) is 9.67 Å². The number of esters is 1. The number of pyridine rings is 1. The number of aryl methyl sites for hydroxylation is 1. The first kappa shape index (κ1) is 20.5. The lowest BCUT2D eigenvalue weighted by atomic mass is 10.1. The molecule has 8 heteroatoms. The van der Waals surface area contributed by atoms with Crippen LogP contribution in [0.15, 0.2) is 42.6 Å². The number of nitrogens with one attached hydrogen (secondary N) is 1. The summed E-state index contributed by atoms with van der Waals surface area (Å²) in [6.45, 7) is 3.87. The molecule has 1 amide bonds. The molecule has 0 aliphatic heterocycles. The number of amides is 1. The van der Waals surface area contributed by atoms with Gasteiger partial charge in [-0.15, -0.1) is 0 Å². The summed E-state index contributed by atoms with van der Waals surface area (Å²) in [5.74, 6) is -0.0853. The Labute approximate surface area is 173 Å². The van der Waals surface area contributed by atoms with Gasteiger partial charge >= 0.3 is 5.97 Å². The Kier molecular flexibility index (Phi) is 6.29. The third-order valence-corrected chi connectivity index (χ3v) is 4.81. The van der Waals surface area contributed by atoms with Crippen LogP contribution in [0.4, 0.5) is 5.82 Å². The molecular weight excluding hydrogens is 392 g/mol. The topological polar surface area (TPSA) is 86.1 Å². The van der Waals surface area contributed by atoms with Crippen LogP contribution in [0.5, 0.6) is 0 Å². The highest BCUT2D eigenvalue weighted by Crippen LogP contribution is 2.20. The van der Waals surface area contributed by atoms with Gasteiger partial charge in [-0.3, -0.25) is 9.59 Å². The average molecular weight is 413 g/mol. The van der Waals surface area contributed by atoms with Crippen molar-refractivity contribution in [2.75, 3.05) is 12.4 Å². The average Bonchev–Trinajstić information content (AvgIpc) is 3.01. The Hall–Kier alpha value is -3.19. The van der Waals surface area contributed by atoms with Crippen molar-refractivity contribution in [2.45, 2.75) is 26.7 Å². The Bertz CT molecular complexity index is 1030. The largest absolute Gasteiger partial charge is 0.469 e. The van der Waals surface area contributed by atoms with Crippen molar-refractivity contribution in [1.82, 2.24) is 14.8 Å². The molecule has 2 heterocycles. The van der Waals surface area contributed by atoms with Crippen molar-refractivity contribution < 1.29 is 14.3 Å². The van der Waals surface area contributed by atoms with Crippen molar-refractivity contribution in [3.05, 3.63) is 70.1 Å². The monoisotopic (exact) mass is 412 g/mol. The lowest BCUT2D eigenvalue weighted by Crippen LogP contribution is -2.13. The van der Waals surface area contributed by atoms with E-state index in [4.69, 9.17) is 16.3 Å². The van der Waals surface area contributed by atoms with Gasteiger partial charge in [0.15, 0.2) is 0 Å². The molecule has 3 rings (SSSR count). The fourth-order valence-electron chi connectivity index (χ4n) is 3.01. The molecule has 0 atom stereocenters. The van der Waals surface area contributed by atoms with Gasteiger partial charge in [0, 0.05) is 23.9 Å². The van der Waals surface area contributed by atoms with Gasteiger partial charge in [-0.2, -0.15) is 5.10 Å². The minimum Gasteiger partial charge on any atom is -0.469 e. The SMILES string of the molecule is COC(=O)CCc1c(C)nn(-c2ccc(C(=O)Nc3ccc(Cl)cn3)cc2)c1C. The molecular formula is C21H21ClN4O3. The van der Waals surface area contributed by atoms with Crippen LogP contribution in [0.25, 0.3) is 5.69 Å². The maximum Gasteiger partial charge on any atom is 0.305 e. The number of hydrogen-bond acceptors (Lipinski definition) is 5. The molecule has 2 aromatic heterocycles. The molecule has 0 fully saturated rings. The summed E-state index contributed by atoms with van der Waals surface area (Å²) in [6.07, 6.45) is 2.35. The van der Waals surface area contributed by atoms with Gasteiger partial charge in [0.1, 0.15) is 5.82 Å². The van der Waals surface area contributed by atoms with E-state index in [9.17, 15) is 9.59 Å². The van der Waals surface area contributed by atoms with Crippen molar-refractivity contribution in [2.24, 2.45) is 0 Å². The van der Waals surface area contributed by atoms with Crippen LogP contribution in [0, 0.1) is 13.8 Å². The highest BCUT2D eigenvalue weighted by molar-refractivity contribution is 6.30. The molecule has 1 aromatic carbocycles. The highest BCUT2D eigenvalue weighted by atomic mass is 35.5. The second kappa shape index (κ2) is 8.87. The highest BCUT2D eigenvalue weighted by Gasteiger charge is 2.15. The number of nitrogens with zero attached hydrogens (tertiary/aromatic N) is 3. The molecule has 0 aliphatic rings. The van der Waals surface area contributed by atoms with E-state index in [1.54, 1.807) is 24.3 Å². The molecule has 7 nitrogen and oxygen atoms in total. The number of methoxy groups -OCH3 is 1. The number of anilines is 1. The van der Waals surface area contributed by atoms with Gasteiger partial charge < -0.3 is 10.1 Å². The molecule has 0 radical (unpaired) electrons. The van der Waals surface area contributed by atoms with Crippen LogP contribution in [0.1, 0.15) is 33.7 Å². The number of carbonyl (C=O) groups excluding carboxylic acids is 2. The number of rotatable bonds is 6. The molecule has 0 saturated carbocycles. The minimum absolute atomic E-state index is 0.248. The summed E-state index contributed by atoms with van der Waals surface area (Å²) >= 11 is 5.80. The lowest BCUT2D eigenvalue weighted by molar-refractivity contribution is -0.140. The molecule has 0 bridgehead atoms. The van der Waals surface area contributed by atoms with E-state index in [0.717, 1.165) is 22.6 Å². The number of benzene rings is 1. The van der Waals surface area contributed by atoms with E-state index in [1.807, 2.05) is 30.7 Å². The van der Waals surface area contributed by atoms with Gasteiger partial charge in [0.05, 0.1) is 23.5 Å². The standard InChI is InChI=1S/C21H21ClN4O3/c1-13-18(9-11-20(27)29-3)14(2)26(25-13)17-7-4-15(5-8-17)21(28)24-19-10-6-16(22)12-23-19/h4-8,10,12H,9,11H2,1-3H3,(H,23,24,28). The summed E-state index contributed by atoms with van der Waals surface area (Å²) in [5.41, 5.74) is 4.16. The first-order valence-electron chi connectivity index (χ1n) is 9.04.